The van der Waals surface area contributed by atoms with E-state index < -0.39 is 5.82 Å². The highest BCUT2D eigenvalue weighted by atomic mass is 35.5. The standard InChI is InChI=1S/C20H15ClFNO/c1-24-18-13-16(12-17(22)19(18)21)23-20(14-8-4-2-5-9-14)15-10-6-3-7-11-15/h2-13H,1H3. The molecule has 0 aliphatic heterocycles. The lowest BCUT2D eigenvalue weighted by Crippen LogP contribution is -2.02. The summed E-state index contributed by atoms with van der Waals surface area (Å²) in [7, 11) is 1.45. The molecule has 2 nitrogen and oxygen atoms in total. The van der Waals surface area contributed by atoms with E-state index in [0.717, 1.165) is 16.8 Å². The van der Waals surface area contributed by atoms with Crippen LogP contribution in [-0.2, 0) is 0 Å². The number of benzene rings is 3. The number of methoxy groups -OCH3 is 1. The van der Waals surface area contributed by atoms with E-state index in [2.05, 4.69) is 4.99 Å². The molecule has 3 rings (SSSR count). The van der Waals surface area contributed by atoms with Crippen LogP contribution in [0.1, 0.15) is 11.1 Å². The summed E-state index contributed by atoms with van der Waals surface area (Å²) in [6, 6.07) is 22.4. The van der Waals surface area contributed by atoms with Gasteiger partial charge in [0.15, 0.2) is 0 Å². The van der Waals surface area contributed by atoms with Gasteiger partial charge in [-0.05, 0) is 0 Å². The molecule has 3 aromatic rings. The first-order valence-corrected chi connectivity index (χ1v) is 7.79. The van der Waals surface area contributed by atoms with Crippen molar-refractivity contribution in [3.63, 3.8) is 0 Å². The molecule has 0 spiro atoms. The van der Waals surface area contributed by atoms with Gasteiger partial charge in [-0.2, -0.15) is 0 Å². The van der Waals surface area contributed by atoms with E-state index in [-0.39, 0.29) is 10.8 Å². The molecule has 0 N–H and O–H groups in total. The highest BCUT2D eigenvalue weighted by molar-refractivity contribution is 6.32. The SMILES string of the molecule is COc1cc(N=C(c2ccccc2)c2ccccc2)cc(F)c1Cl. The molecule has 0 saturated carbocycles. The van der Waals surface area contributed by atoms with Crippen molar-refractivity contribution in [2.24, 2.45) is 4.99 Å². The Hall–Kier alpha value is -2.65. The first-order valence-electron chi connectivity index (χ1n) is 7.41. The Balaban J connectivity index is 2.16. The van der Waals surface area contributed by atoms with Gasteiger partial charge in [0.2, 0.25) is 0 Å². The summed E-state index contributed by atoms with van der Waals surface area (Å²) in [6.45, 7) is 0. The molecule has 0 unspecified atom stereocenters. The fourth-order valence-electron chi connectivity index (χ4n) is 2.38. The first-order chi connectivity index (χ1) is 11.7. The molecule has 0 heterocycles. The van der Waals surface area contributed by atoms with Crippen LogP contribution in [0.2, 0.25) is 5.02 Å². The van der Waals surface area contributed by atoms with Crippen molar-refractivity contribution in [2.75, 3.05) is 7.11 Å². The van der Waals surface area contributed by atoms with Crippen LogP contribution in [0.4, 0.5) is 10.1 Å². The van der Waals surface area contributed by atoms with Crippen LogP contribution < -0.4 is 4.74 Å². The first kappa shape index (κ1) is 16.2. The van der Waals surface area contributed by atoms with Gasteiger partial charge in [0.25, 0.3) is 0 Å². The van der Waals surface area contributed by atoms with Crippen LogP contribution in [0, 0.1) is 5.82 Å². The molecular formula is C20H15ClFNO. The molecule has 0 saturated heterocycles. The fraction of sp³-hybridized carbons (Fsp3) is 0.0500. The summed E-state index contributed by atoms with van der Waals surface area (Å²) in [5.74, 6) is -0.300. The van der Waals surface area contributed by atoms with E-state index in [1.165, 1.54) is 13.2 Å². The van der Waals surface area contributed by atoms with Crippen molar-refractivity contribution >= 4 is 23.0 Å². The van der Waals surface area contributed by atoms with E-state index in [0.29, 0.717) is 5.69 Å². The van der Waals surface area contributed by atoms with Crippen molar-refractivity contribution in [3.05, 3.63) is 94.8 Å². The van der Waals surface area contributed by atoms with Gasteiger partial charge in [-0.3, -0.25) is 0 Å². The molecule has 0 aromatic heterocycles. The van der Waals surface area contributed by atoms with Crippen LogP contribution >= 0.6 is 11.6 Å². The zero-order valence-electron chi connectivity index (χ0n) is 13.0. The summed E-state index contributed by atoms with van der Waals surface area (Å²) < 4.78 is 19.1. The maximum atomic E-state index is 14.0. The van der Waals surface area contributed by atoms with E-state index in [9.17, 15) is 4.39 Å². The monoisotopic (exact) mass is 339 g/mol. The van der Waals surface area contributed by atoms with E-state index >= 15 is 0 Å². The number of rotatable bonds is 4. The molecule has 3 aromatic carbocycles. The number of nitrogens with zero attached hydrogens (tertiary/aromatic N) is 1. The summed E-state index contributed by atoms with van der Waals surface area (Å²) in [6.07, 6.45) is 0. The normalized spacial score (nSPS) is 10.3. The maximum Gasteiger partial charge on any atom is 0.147 e. The van der Waals surface area contributed by atoms with Gasteiger partial charge in [-0.1, -0.05) is 72.3 Å². The van der Waals surface area contributed by atoms with Crippen molar-refractivity contribution in [3.8, 4) is 5.75 Å². The highest BCUT2D eigenvalue weighted by Gasteiger charge is 2.11. The maximum absolute atomic E-state index is 14.0. The van der Waals surface area contributed by atoms with Gasteiger partial charge in [-0.25, -0.2) is 9.38 Å². The lowest BCUT2D eigenvalue weighted by atomic mass is 10.0. The fourth-order valence-corrected chi connectivity index (χ4v) is 2.57. The zero-order chi connectivity index (χ0) is 16.9. The van der Waals surface area contributed by atoms with E-state index in [1.807, 2.05) is 60.7 Å². The quantitative estimate of drug-likeness (QED) is 0.562. The molecule has 0 fully saturated rings. The van der Waals surface area contributed by atoms with E-state index in [4.69, 9.17) is 16.3 Å². The minimum absolute atomic E-state index is 0.0441. The largest absolute Gasteiger partial charge is 0.495 e. The third-order valence-corrected chi connectivity index (χ3v) is 3.90. The second-order valence-electron chi connectivity index (χ2n) is 5.14. The molecule has 4 heteroatoms. The van der Waals surface area contributed by atoms with Gasteiger partial charge in [0.1, 0.15) is 16.6 Å². The van der Waals surface area contributed by atoms with E-state index in [1.54, 1.807) is 6.07 Å². The summed E-state index contributed by atoms with van der Waals surface area (Å²) >= 11 is 5.89. The third kappa shape index (κ3) is 3.47. The number of halogens is 2. The summed E-state index contributed by atoms with van der Waals surface area (Å²) in [5.41, 5.74) is 3.08. The van der Waals surface area contributed by atoms with Crippen molar-refractivity contribution in [1.29, 1.82) is 0 Å². The van der Waals surface area contributed by atoms with Gasteiger partial charge >= 0.3 is 0 Å². The van der Waals surface area contributed by atoms with Crippen LogP contribution in [0.5, 0.6) is 5.75 Å². The topological polar surface area (TPSA) is 21.6 Å². The highest BCUT2D eigenvalue weighted by Crippen LogP contribution is 2.32. The predicted octanol–water partition coefficient (Wildman–Crippen LogP) is 5.66. The van der Waals surface area contributed by atoms with Crippen molar-refractivity contribution in [2.45, 2.75) is 0 Å². The number of ether oxygens (including phenoxy) is 1. The Bertz CT molecular complexity index is 822. The minimum atomic E-state index is -0.560. The summed E-state index contributed by atoms with van der Waals surface area (Å²) in [5, 5.41) is -0.0441. The molecule has 0 aliphatic carbocycles. The molecule has 24 heavy (non-hydrogen) atoms. The molecule has 0 amide bonds. The Kier molecular flexibility index (Phi) is 4.92. The molecule has 0 bridgehead atoms. The third-order valence-electron chi connectivity index (χ3n) is 3.53. The average Bonchev–Trinajstić information content (AvgIpc) is 2.64. The number of aliphatic imine (C=N–C) groups is 1. The van der Waals surface area contributed by atoms with Crippen LogP contribution in [0.3, 0.4) is 0 Å². The molecule has 0 radical (unpaired) electrons. The predicted molar refractivity (Wildman–Crippen MR) is 96.1 cm³/mol. The Morgan fingerprint density at radius 2 is 1.46 bits per heavy atom. The molecule has 0 aliphatic rings. The lowest BCUT2D eigenvalue weighted by molar-refractivity contribution is 0.412. The smallest absolute Gasteiger partial charge is 0.147 e. The lowest BCUT2D eigenvalue weighted by Gasteiger charge is -2.09. The molecule has 0 atom stereocenters. The Labute approximate surface area is 145 Å². The Morgan fingerprint density at radius 1 is 0.917 bits per heavy atom. The second kappa shape index (κ2) is 7.28. The zero-order valence-corrected chi connectivity index (χ0v) is 13.8. The number of hydrogen-bond donors (Lipinski definition) is 0. The van der Waals surface area contributed by atoms with Crippen molar-refractivity contribution in [1.82, 2.24) is 0 Å². The average molecular weight is 340 g/mol. The second-order valence-corrected chi connectivity index (χ2v) is 5.51. The summed E-state index contributed by atoms with van der Waals surface area (Å²) in [4.78, 5) is 4.65. The molecule has 120 valence electrons. The van der Waals surface area contributed by atoms with Gasteiger partial charge in [-0.15, -0.1) is 0 Å². The molecular weight excluding hydrogens is 325 g/mol. The van der Waals surface area contributed by atoms with Crippen LogP contribution in [-0.4, -0.2) is 12.8 Å². The number of hydrogen-bond acceptors (Lipinski definition) is 2. The Morgan fingerprint density at radius 3 is 1.96 bits per heavy atom. The van der Waals surface area contributed by atoms with Crippen LogP contribution in [0.25, 0.3) is 0 Å². The van der Waals surface area contributed by atoms with Crippen molar-refractivity contribution < 1.29 is 9.13 Å². The van der Waals surface area contributed by atoms with Gasteiger partial charge in [0.05, 0.1) is 18.5 Å². The van der Waals surface area contributed by atoms with Crippen LogP contribution in [0.15, 0.2) is 77.8 Å². The van der Waals surface area contributed by atoms with Gasteiger partial charge in [0, 0.05) is 23.3 Å². The van der Waals surface area contributed by atoms with Gasteiger partial charge < -0.3 is 4.74 Å². The minimum Gasteiger partial charge on any atom is -0.495 e.